The number of aliphatic hydroxyl groups is 2. The van der Waals surface area contributed by atoms with Crippen LogP contribution in [0.5, 0.6) is 0 Å². The Labute approximate surface area is 94.7 Å². The van der Waals surface area contributed by atoms with Gasteiger partial charge in [-0.25, -0.2) is 16.7 Å². The van der Waals surface area contributed by atoms with E-state index in [9.17, 15) is 4.79 Å². The molecule has 2 rings (SSSR count). The third kappa shape index (κ3) is 1.77. The summed E-state index contributed by atoms with van der Waals surface area (Å²) in [5.41, 5.74) is 1.68. The molecule has 0 saturated heterocycles. The number of benzene rings is 1. The molecule has 3 nitrogen and oxygen atoms in total. The Bertz CT molecular complexity index is 497. The van der Waals surface area contributed by atoms with E-state index in [1.165, 1.54) is 0 Å². The van der Waals surface area contributed by atoms with Crippen molar-refractivity contribution in [1.82, 2.24) is 0 Å². The molecule has 0 amide bonds. The summed E-state index contributed by atoms with van der Waals surface area (Å²) >= 11 is 0. The predicted octanol–water partition coefficient (Wildman–Crippen LogP) is 1.69. The van der Waals surface area contributed by atoms with Crippen LogP contribution in [0.2, 0.25) is 0 Å². The molecule has 1 aromatic rings. The van der Waals surface area contributed by atoms with Crippen LogP contribution in [0.15, 0.2) is 40.8 Å². The van der Waals surface area contributed by atoms with Crippen molar-refractivity contribution in [3.05, 3.63) is 64.7 Å². The van der Waals surface area contributed by atoms with Crippen LogP contribution in [-0.4, -0.2) is 15.5 Å². The number of allylic oxidation sites excluding steroid dienone is 2. The predicted molar refractivity (Wildman–Crippen MR) is 62.6 cm³/mol. The molecule has 1 N–H and O–H groups in total. The van der Waals surface area contributed by atoms with Crippen molar-refractivity contribution in [2.75, 3.05) is 0 Å². The first-order chi connectivity index (χ1) is 7.74. The second kappa shape index (κ2) is 4.33. The van der Waals surface area contributed by atoms with E-state index in [4.69, 9.17) is 0 Å². The fraction of sp³-hybridized carbons (Fsp3) is 0.154. The van der Waals surface area contributed by atoms with Crippen molar-refractivity contribution < 1.29 is 9.31 Å². The maximum absolute atomic E-state index is 11.7. The average Bonchev–Trinajstić information content (AvgIpc) is 2.77. The van der Waals surface area contributed by atoms with E-state index >= 15 is 0 Å². The second-order valence-electron chi connectivity index (χ2n) is 3.55. The fourth-order valence-corrected chi connectivity index (χ4v) is 1.58. The highest BCUT2D eigenvalue weighted by Gasteiger charge is 2.24. The van der Waals surface area contributed by atoms with Gasteiger partial charge in [0.05, 0.1) is 0 Å². The molecule has 0 radical (unpaired) electrons. The molecule has 3 heteroatoms. The summed E-state index contributed by atoms with van der Waals surface area (Å²) in [6.07, 6.45) is 4.54. The second-order valence-corrected chi connectivity index (χ2v) is 3.55. The third-order valence-corrected chi connectivity index (χ3v) is 2.57. The standard InChI is InChI=1S/C13H14NO2/c1-3-10(2)14-8-9-16-13(14)11-6-4-5-7-12(11)15/h3-9,16H,1-2H3/q-1. The molecule has 0 unspecified atom stereocenters. The van der Waals surface area contributed by atoms with Crippen LogP contribution in [0.1, 0.15) is 19.4 Å². The van der Waals surface area contributed by atoms with Gasteiger partial charge in [0, 0.05) is 11.6 Å². The first-order valence-electron chi connectivity index (χ1n) is 5.17. The highest BCUT2D eigenvalue weighted by Crippen LogP contribution is 2.20. The number of nitrogens with zero attached hydrogens (tertiary/aromatic N) is 1. The van der Waals surface area contributed by atoms with Crippen molar-refractivity contribution in [2.45, 2.75) is 13.8 Å². The van der Waals surface area contributed by atoms with Gasteiger partial charge in [0.15, 0.2) is 0 Å². The number of hydrogen-bond acceptors (Lipinski definition) is 1. The Morgan fingerprint density at radius 3 is 3.12 bits per heavy atom. The van der Waals surface area contributed by atoms with E-state index in [1.54, 1.807) is 24.8 Å². The minimum atomic E-state index is -0.00106. The minimum absolute atomic E-state index is 0.00106. The van der Waals surface area contributed by atoms with Crippen molar-refractivity contribution in [1.29, 1.82) is 0 Å². The molecule has 1 heterocycles. The van der Waals surface area contributed by atoms with Gasteiger partial charge < -0.3 is 9.53 Å². The topological polar surface area (TPSA) is 32.9 Å². The molecule has 0 saturated carbocycles. The number of rotatable bonds is 2. The minimum Gasteiger partial charge on any atom is -0.514 e. The van der Waals surface area contributed by atoms with Crippen molar-refractivity contribution in [3.63, 3.8) is 0 Å². The lowest BCUT2D eigenvalue weighted by Crippen LogP contribution is -2.22. The lowest BCUT2D eigenvalue weighted by molar-refractivity contribution is -0.492. The number of hydrogen-bond donors (Lipinski definition) is 0. The normalized spacial score (nSPS) is 16.0. The maximum atomic E-state index is 11.7. The van der Waals surface area contributed by atoms with Crippen LogP contribution in [0.3, 0.4) is 0 Å². The van der Waals surface area contributed by atoms with Crippen molar-refractivity contribution in [3.8, 4) is 0 Å². The van der Waals surface area contributed by atoms with Gasteiger partial charge in [-0.15, -0.1) is 0 Å². The summed E-state index contributed by atoms with van der Waals surface area (Å²) in [5.74, 6) is 0. The van der Waals surface area contributed by atoms with E-state index in [0.29, 0.717) is 11.8 Å². The SMILES string of the molecule is CC=C(C)[N+]1=C[CH-][OH+][C-]1c1c[cH-]ccc1=O. The number of para-hydroxylation sites is 1. The quantitative estimate of drug-likeness (QED) is 0.420. The zero-order valence-electron chi connectivity index (χ0n) is 9.34. The van der Waals surface area contributed by atoms with Crippen molar-refractivity contribution in [2.24, 2.45) is 0 Å². The van der Waals surface area contributed by atoms with E-state index in [1.807, 2.05) is 36.8 Å². The van der Waals surface area contributed by atoms with Gasteiger partial charge in [0.2, 0.25) is 0 Å². The van der Waals surface area contributed by atoms with Gasteiger partial charge in [0.25, 0.3) is 0 Å². The van der Waals surface area contributed by atoms with Gasteiger partial charge in [-0.3, -0.25) is 0 Å². The largest absolute Gasteiger partial charge is 0.514 e. The molecule has 1 aliphatic heterocycles. The van der Waals surface area contributed by atoms with E-state index < -0.39 is 0 Å². The molecule has 84 valence electrons. The van der Waals surface area contributed by atoms with E-state index in [-0.39, 0.29) is 5.43 Å². The van der Waals surface area contributed by atoms with Crippen molar-refractivity contribution >= 4 is 6.21 Å². The Kier molecular flexibility index (Phi) is 2.88. The van der Waals surface area contributed by atoms with Gasteiger partial charge in [0.1, 0.15) is 5.70 Å². The molecule has 0 bridgehead atoms. The Balaban J connectivity index is 2.40. The summed E-state index contributed by atoms with van der Waals surface area (Å²) in [6.45, 7) is 5.65. The van der Waals surface area contributed by atoms with Crippen LogP contribution in [0.4, 0.5) is 0 Å². The van der Waals surface area contributed by atoms with Crippen LogP contribution in [-0.2, 0) is 0 Å². The monoisotopic (exact) mass is 216 g/mol. The molecular formula is C13H14NO2-. The first-order valence-corrected chi connectivity index (χ1v) is 5.17. The zero-order chi connectivity index (χ0) is 11.5. The van der Waals surface area contributed by atoms with Crippen LogP contribution in [0, 0.1) is 12.8 Å². The number of ether oxygens (including phenoxy) is 1. The molecular weight excluding hydrogens is 202 g/mol. The Hall–Kier alpha value is -1.87. The highest BCUT2D eigenvalue weighted by molar-refractivity contribution is 5.63. The maximum Gasteiger partial charge on any atom is 0.323 e. The molecule has 0 aromatic heterocycles. The molecule has 16 heavy (non-hydrogen) atoms. The third-order valence-electron chi connectivity index (χ3n) is 2.57. The summed E-state index contributed by atoms with van der Waals surface area (Å²) in [6, 6.07) is 6.94. The molecule has 0 fully saturated rings. The van der Waals surface area contributed by atoms with Gasteiger partial charge in [-0.1, -0.05) is 12.7 Å². The van der Waals surface area contributed by atoms with E-state index in [0.717, 1.165) is 5.70 Å². The van der Waals surface area contributed by atoms with E-state index in [2.05, 4.69) is 4.74 Å². The molecule has 1 aromatic carbocycles. The molecule has 0 aliphatic carbocycles. The summed E-state index contributed by atoms with van der Waals surface area (Å²) < 4.78 is 6.15. The summed E-state index contributed by atoms with van der Waals surface area (Å²) in [7, 11) is 0. The molecule has 1 aliphatic rings. The van der Waals surface area contributed by atoms with Crippen LogP contribution < -0.4 is 5.43 Å². The Morgan fingerprint density at radius 1 is 1.62 bits per heavy atom. The zero-order valence-corrected chi connectivity index (χ0v) is 9.34. The van der Waals surface area contributed by atoms with Crippen LogP contribution in [0.25, 0.3) is 0 Å². The summed E-state index contributed by atoms with van der Waals surface area (Å²) in [4.78, 5) is 11.7. The fourth-order valence-electron chi connectivity index (χ4n) is 1.58. The summed E-state index contributed by atoms with van der Waals surface area (Å²) in [5, 5.41) is 0. The highest BCUT2D eigenvalue weighted by atomic mass is 16.5. The van der Waals surface area contributed by atoms with Crippen LogP contribution >= 0.6 is 0 Å². The van der Waals surface area contributed by atoms with Gasteiger partial charge in [-0.2, -0.15) is 12.1 Å². The smallest absolute Gasteiger partial charge is 0.323 e. The molecule has 0 spiro atoms. The first kappa shape index (κ1) is 10.6. The average molecular weight is 216 g/mol. The van der Waals surface area contributed by atoms with Gasteiger partial charge >= 0.3 is 6.23 Å². The van der Waals surface area contributed by atoms with Gasteiger partial charge in [-0.05, 0) is 19.4 Å². The lowest BCUT2D eigenvalue weighted by Gasteiger charge is -2.17. The lowest BCUT2D eigenvalue weighted by atomic mass is 10.2. The molecule has 0 atom stereocenters. The Morgan fingerprint density at radius 2 is 2.44 bits per heavy atom.